The number of carboxylic acids is 1. The molecule has 3 aromatic carbocycles. The second-order valence-corrected chi connectivity index (χ2v) is 8.13. The monoisotopic (exact) mass is 482 g/mol. The molecule has 1 unspecified atom stereocenters. The molecule has 0 aliphatic heterocycles. The van der Waals surface area contributed by atoms with Crippen molar-refractivity contribution in [3.8, 4) is 5.75 Å². The number of aromatic nitrogens is 1. The van der Waals surface area contributed by atoms with Gasteiger partial charge in [-0.3, -0.25) is 0 Å². The van der Waals surface area contributed by atoms with Crippen molar-refractivity contribution in [2.75, 3.05) is 5.32 Å². The molecule has 0 saturated heterocycles. The molecular formula is C27H25F3N2O3. The molecule has 182 valence electrons. The summed E-state index contributed by atoms with van der Waals surface area (Å²) < 4.78 is 31.7. The fourth-order valence-electron chi connectivity index (χ4n) is 3.69. The maximum absolute atomic E-state index is 11.1. The average molecular weight is 483 g/mol. The van der Waals surface area contributed by atoms with Crippen molar-refractivity contribution in [3.63, 3.8) is 0 Å². The highest BCUT2D eigenvalue weighted by Crippen LogP contribution is 2.37. The fourth-order valence-corrected chi connectivity index (χ4v) is 3.69. The first-order valence-corrected chi connectivity index (χ1v) is 10.8. The number of nitrogens with one attached hydrogen (secondary N) is 1. The van der Waals surface area contributed by atoms with Crippen LogP contribution in [-0.4, -0.2) is 27.3 Å². The molecule has 0 bridgehead atoms. The summed E-state index contributed by atoms with van der Waals surface area (Å²) in [5, 5.41) is 22.8. The van der Waals surface area contributed by atoms with Crippen molar-refractivity contribution < 1.29 is 28.2 Å². The van der Waals surface area contributed by atoms with E-state index in [4.69, 9.17) is 9.90 Å². The van der Waals surface area contributed by atoms with Crippen LogP contribution in [0, 0.1) is 20.8 Å². The lowest BCUT2D eigenvalue weighted by Crippen LogP contribution is -2.21. The third-order valence-electron chi connectivity index (χ3n) is 5.38. The number of hydrogen-bond donors (Lipinski definition) is 3. The smallest absolute Gasteiger partial charge is 0.490 e. The van der Waals surface area contributed by atoms with Gasteiger partial charge in [0.15, 0.2) is 0 Å². The van der Waals surface area contributed by atoms with E-state index in [1.807, 2.05) is 61.5 Å². The van der Waals surface area contributed by atoms with Gasteiger partial charge in [0, 0.05) is 22.3 Å². The molecule has 0 radical (unpaired) electrons. The van der Waals surface area contributed by atoms with Gasteiger partial charge < -0.3 is 15.5 Å². The number of alkyl halides is 3. The Morgan fingerprint density at radius 3 is 2.11 bits per heavy atom. The molecule has 1 atom stereocenters. The van der Waals surface area contributed by atoms with Gasteiger partial charge in [-0.15, -0.1) is 0 Å². The topological polar surface area (TPSA) is 82.5 Å². The Morgan fingerprint density at radius 2 is 1.51 bits per heavy atom. The van der Waals surface area contributed by atoms with E-state index in [-0.39, 0.29) is 11.8 Å². The molecule has 1 aromatic heterocycles. The second-order valence-electron chi connectivity index (χ2n) is 8.13. The van der Waals surface area contributed by atoms with E-state index in [1.165, 1.54) is 11.1 Å². The highest BCUT2D eigenvalue weighted by molar-refractivity contribution is 5.86. The first kappa shape index (κ1) is 25.6. The summed E-state index contributed by atoms with van der Waals surface area (Å²) in [5.41, 5.74) is 6.90. The van der Waals surface area contributed by atoms with Crippen LogP contribution < -0.4 is 5.32 Å². The minimum absolute atomic E-state index is 0.185. The Bertz CT molecular complexity index is 1340. The van der Waals surface area contributed by atoms with Gasteiger partial charge in [-0.25, -0.2) is 9.78 Å². The van der Waals surface area contributed by atoms with Crippen LogP contribution in [0.25, 0.3) is 10.9 Å². The van der Waals surface area contributed by atoms with Crippen molar-refractivity contribution in [2.45, 2.75) is 33.0 Å². The number of aliphatic carboxylic acids is 1. The molecule has 3 N–H and O–H groups in total. The van der Waals surface area contributed by atoms with E-state index in [9.17, 15) is 18.3 Å². The van der Waals surface area contributed by atoms with E-state index in [0.29, 0.717) is 5.52 Å². The average Bonchev–Trinajstić information content (AvgIpc) is 2.79. The van der Waals surface area contributed by atoms with Gasteiger partial charge >= 0.3 is 12.1 Å². The zero-order chi connectivity index (χ0) is 25.8. The Kier molecular flexibility index (Phi) is 7.64. The minimum atomic E-state index is -5.08. The summed E-state index contributed by atoms with van der Waals surface area (Å²) >= 11 is 0. The number of para-hydroxylation sites is 1. The molecule has 0 saturated carbocycles. The molecule has 8 heteroatoms. The van der Waals surface area contributed by atoms with Crippen LogP contribution in [0.4, 0.5) is 18.9 Å². The molecular weight excluding hydrogens is 457 g/mol. The van der Waals surface area contributed by atoms with Gasteiger partial charge in [0.1, 0.15) is 11.3 Å². The molecule has 1 heterocycles. The summed E-state index contributed by atoms with van der Waals surface area (Å²) in [7, 11) is 0. The number of hydrogen-bond acceptors (Lipinski definition) is 4. The number of pyridine rings is 1. The SMILES string of the molecule is Cc1ccc(C(Nc2ccccc2)c2ccc3ccc(C)nc3c2O)c(C)c1.O=C(O)C(F)(F)F. The van der Waals surface area contributed by atoms with E-state index >= 15 is 0 Å². The number of nitrogens with zero attached hydrogens (tertiary/aromatic N) is 1. The standard InChI is InChI=1S/C25H24N2O.C2HF3O2/c1-16-9-13-21(17(2)15-16)24(27-20-7-5-4-6-8-20)22-14-12-19-11-10-18(3)26-23(19)25(22)28;3-2(4,5)1(6)7/h4-15,24,27-28H,1-3H3;(H,6,7). The largest absolute Gasteiger partial charge is 0.505 e. The molecule has 0 amide bonds. The summed E-state index contributed by atoms with van der Waals surface area (Å²) in [5.74, 6) is -2.53. The predicted octanol–water partition coefficient (Wildman–Crippen LogP) is 6.70. The number of phenolic OH excluding ortho intramolecular Hbond substituents is 1. The van der Waals surface area contributed by atoms with Crippen LogP contribution in [0.2, 0.25) is 0 Å². The van der Waals surface area contributed by atoms with Gasteiger partial charge in [-0.05, 0) is 50.1 Å². The van der Waals surface area contributed by atoms with Gasteiger partial charge in [-0.1, -0.05) is 60.2 Å². The molecule has 35 heavy (non-hydrogen) atoms. The number of anilines is 1. The third kappa shape index (κ3) is 6.29. The highest BCUT2D eigenvalue weighted by Gasteiger charge is 2.38. The predicted molar refractivity (Wildman–Crippen MR) is 130 cm³/mol. The van der Waals surface area contributed by atoms with Crippen LogP contribution in [0.15, 0.2) is 72.8 Å². The minimum Gasteiger partial charge on any atom is -0.505 e. The number of rotatable bonds is 4. The number of halogens is 3. The van der Waals surface area contributed by atoms with Crippen molar-refractivity contribution in [3.05, 3.63) is 101 Å². The summed E-state index contributed by atoms with van der Waals surface area (Å²) in [6.45, 7) is 6.15. The van der Waals surface area contributed by atoms with Crippen molar-refractivity contribution in [1.82, 2.24) is 4.98 Å². The summed E-state index contributed by atoms with van der Waals surface area (Å²) in [4.78, 5) is 13.5. The van der Waals surface area contributed by atoms with E-state index in [0.717, 1.165) is 27.9 Å². The van der Waals surface area contributed by atoms with Gasteiger partial charge in [0.2, 0.25) is 0 Å². The maximum atomic E-state index is 11.1. The highest BCUT2D eigenvalue weighted by atomic mass is 19.4. The fraction of sp³-hybridized carbons (Fsp3) is 0.185. The molecule has 4 aromatic rings. The van der Waals surface area contributed by atoms with Gasteiger partial charge in [0.25, 0.3) is 0 Å². The lowest BCUT2D eigenvalue weighted by molar-refractivity contribution is -0.192. The van der Waals surface area contributed by atoms with Crippen molar-refractivity contribution in [1.29, 1.82) is 0 Å². The number of benzene rings is 3. The Hall–Kier alpha value is -4.07. The first-order valence-electron chi connectivity index (χ1n) is 10.8. The lowest BCUT2D eigenvalue weighted by atomic mass is 9.92. The number of carboxylic acid groups (broad SMARTS) is 1. The molecule has 0 fully saturated rings. The van der Waals surface area contributed by atoms with Crippen LogP contribution in [0.5, 0.6) is 5.75 Å². The number of fused-ring (bicyclic) bond motifs is 1. The van der Waals surface area contributed by atoms with Crippen LogP contribution >= 0.6 is 0 Å². The summed E-state index contributed by atoms with van der Waals surface area (Å²) in [6.07, 6.45) is -5.08. The molecule has 5 nitrogen and oxygen atoms in total. The van der Waals surface area contributed by atoms with Crippen LogP contribution in [0.3, 0.4) is 0 Å². The number of aryl methyl sites for hydroxylation is 3. The van der Waals surface area contributed by atoms with Gasteiger partial charge in [-0.2, -0.15) is 13.2 Å². The number of aromatic hydroxyl groups is 1. The van der Waals surface area contributed by atoms with Crippen molar-refractivity contribution in [2.24, 2.45) is 0 Å². The van der Waals surface area contributed by atoms with Crippen molar-refractivity contribution >= 4 is 22.6 Å². The zero-order valence-corrected chi connectivity index (χ0v) is 19.4. The maximum Gasteiger partial charge on any atom is 0.490 e. The van der Waals surface area contributed by atoms with Crippen LogP contribution in [-0.2, 0) is 4.79 Å². The normalized spacial score (nSPS) is 11.9. The Balaban J connectivity index is 0.000000429. The number of carbonyl (C=O) groups is 1. The first-order chi connectivity index (χ1) is 16.5. The van der Waals surface area contributed by atoms with Gasteiger partial charge in [0.05, 0.1) is 6.04 Å². The number of phenols is 1. The Morgan fingerprint density at radius 1 is 0.914 bits per heavy atom. The molecule has 0 spiro atoms. The second kappa shape index (κ2) is 10.5. The zero-order valence-electron chi connectivity index (χ0n) is 19.4. The quantitative estimate of drug-likeness (QED) is 0.302. The van der Waals surface area contributed by atoms with E-state index in [1.54, 1.807) is 0 Å². The summed E-state index contributed by atoms with van der Waals surface area (Å²) in [6, 6.07) is 24.3. The Labute approximate surface area is 200 Å². The molecule has 0 aliphatic rings. The molecule has 4 rings (SSSR count). The van der Waals surface area contributed by atoms with E-state index < -0.39 is 12.1 Å². The van der Waals surface area contributed by atoms with E-state index in [2.05, 4.69) is 42.3 Å². The third-order valence-corrected chi connectivity index (χ3v) is 5.38. The molecule has 0 aliphatic carbocycles. The van der Waals surface area contributed by atoms with Crippen LogP contribution in [0.1, 0.15) is 34.0 Å². The lowest BCUT2D eigenvalue weighted by Gasteiger charge is -2.24.